The summed E-state index contributed by atoms with van der Waals surface area (Å²) in [6.45, 7) is 13.6. The van der Waals surface area contributed by atoms with Crippen LogP contribution in [0.5, 0.6) is 0 Å². The van der Waals surface area contributed by atoms with Crippen LogP contribution in [-0.4, -0.2) is 76.7 Å². The fourth-order valence-electron chi connectivity index (χ4n) is 4.41. The molecule has 2 saturated heterocycles. The Balaban J connectivity index is 1.49. The molecular weight excluding hydrogens is 412 g/mol. The summed E-state index contributed by atoms with van der Waals surface area (Å²) in [4.78, 5) is 32.9. The van der Waals surface area contributed by atoms with Gasteiger partial charge in [0, 0.05) is 45.8 Å². The number of rotatable bonds is 6. The molecule has 0 bridgehead atoms. The zero-order valence-electron chi connectivity index (χ0n) is 18.6. The quantitative estimate of drug-likeness (QED) is 0.726. The molecule has 2 fully saturated rings. The standard InChI is InChI=1S/C22H32N6O2S/c1-15(2)13-26-7-9-27(10-8-26)18-12-23-17(11-24-18)19-20(21(29)30)31-22(25-19)28-6-4-5-16(3)14-28/h11-12,15-16H,4-10,13-14H2,1-3H3,(H,29,30)/t16-/m1/s1. The second-order valence-corrected chi connectivity index (χ2v) is 10.1. The third-order valence-corrected chi connectivity index (χ3v) is 7.04. The fourth-order valence-corrected chi connectivity index (χ4v) is 5.36. The van der Waals surface area contributed by atoms with E-state index in [1.807, 2.05) is 0 Å². The summed E-state index contributed by atoms with van der Waals surface area (Å²) in [5, 5.41) is 10.5. The predicted molar refractivity (Wildman–Crippen MR) is 124 cm³/mol. The first kappa shape index (κ1) is 22.0. The van der Waals surface area contributed by atoms with Crippen LogP contribution in [0.2, 0.25) is 0 Å². The van der Waals surface area contributed by atoms with Gasteiger partial charge in [-0.05, 0) is 24.7 Å². The topological polar surface area (TPSA) is 85.7 Å². The van der Waals surface area contributed by atoms with Crippen LogP contribution in [0.15, 0.2) is 12.4 Å². The van der Waals surface area contributed by atoms with Crippen molar-refractivity contribution in [2.24, 2.45) is 11.8 Å². The van der Waals surface area contributed by atoms with E-state index < -0.39 is 5.97 Å². The number of aromatic carboxylic acids is 1. The first-order chi connectivity index (χ1) is 14.9. The Morgan fingerprint density at radius 3 is 2.55 bits per heavy atom. The number of carbonyl (C=O) groups is 1. The molecule has 0 spiro atoms. The van der Waals surface area contributed by atoms with Crippen molar-refractivity contribution in [3.8, 4) is 11.4 Å². The molecular formula is C22H32N6O2S. The molecule has 168 valence electrons. The Labute approximate surface area is 187 Å². The van der Waals surface area contributed by atoms with Gasteiger partial charge in [0.05, 0.1) is 12.4 Å². The average molecular weight is 445 g/mol. The van der Waals surface area contributed by atoms with Crippen LogP contribution in [0.1, 0.15) is 43.3 Å². The van der Waals surface area contributed by atoms with Crippen LogP contribution < -0.4 is 9.80 Å². The van der Waals surface area contributed by atoms with Crippen LogP contribution in [0, 0.1) is 11.8 Å². The van der Waals surface area contributed by atoms with Crippen LogP contribution in [0.3, 0.4) is 0 Å². The van der Waals surface area contributed by atoms with Gasteiger partial charge in [0.2, 0.25) is 0 Å². The van der Waals surface area contributed by atoms with Gasteiger partial charge in [0.1, 0.15) is 22.1 Å². The Bertz CT molecular complexity index is 892. The number of nitrogens with zero attached hydrogens (tertiary/aromatic N) is 6. The minimum absolute atomic E-state index is 0.234. The highest BCUT2D eigenvalue weighted by molar-refractivity contribution is 7.17. The third kappa shape index (κ3) is 5.15. The van der Waals surface area contributed by atoms with Gasteiger partial charge in [-0.25, -0.2) is 19.7 Å². The summed E-state index contributed by atoms with van der Waals surface area (Å²) in [5.41, 5.74) is 0.943. The Kier molecular flexibility index (Phi) is 6.71. The van der Waals surface area contributed by atoms with E-state index in [2.05, 4.69) is 50.4 Å². The first-order valence-corrected chi connectivity index (χ1v) is 12.0. The van der Waals surface area contributed by atoms with Crippen molar-refractivity contribution in [3.05, 3.63) is 17.3 Å². The summed E-state index contributed by atoms with van der Waals surface area (Å²) in [6, 6.07) is 0. The lowest BCUT2D eigenvalue weighted by atomic mass is 10.0. The largest absolute Gasteiger partial charge is 0.477 e. The maximum atomic E-state index is 11.9. The first-order valence-electron chi connectivity index (χ1n) is 11.2. The van der Waals surface area contributed by atoms with Crippen molar-refractivity contribution in [2.45, 2.75) is 33.6 Å². The SMILES string of the molecule is CC(C)CN1CCN(c2cnc(-c3nc(N4CCC[C@@H](C)C4)sc3C(=O)O)cn2)CC1. The molecule has 0 radical (unpaired) electrons. The molecule has 0 aromatic carbocycles. The van der Waals surface area contributed by atoms with Gasteiger partial charge in [0.15, 0.2) is 5.13 Å². The number of piperidine rings is 1. The monoisotopic (exact) mass is 444 g/mol. The molecule has 2 aliphatic rings. The number of aromatic nitrogens is 3. The normalized spacial score (nSPS) is 20.5. The second kappa shape index (κ2) is 9.48. The van der Waals surface area contributed by atoms with Gasteiger partial charge in [0.25, 0.3) is 0 Å². The highest BCUT2D eigenvalue weighted by Crippen LogP contribution is 2.34. The molecule has 0 unspecified atom stereocenters. The molecule has 4 heterocycles. The zero-order valence-corrected chi connectivity index (χ0v) is 19.4. The molecule has 2 aromatic heterocycles. The van der Waals surface area contributed by atoms with Crippen LogP contribution in [0.4, 0.5) is 10.9 Å². The predicted octanol–water partition coefficient (Wildman–Crippen LogP) is 3.31. The number of hydrogen-bond donors (Lipinski definition) is 1. The van der Waals surface area contributed by atoms with E-state index in [1.54, 1.807) is 12.4 Å². The maximum Gasteiger partial charge on any atom is 0.348 e. The van der Waals surface area contributed by atoms with E-state index in [0.29, 0.717) is 23.2 Å². The molecule has 9 heteroatoms. The van der Waals surface area contributed by atoms with Crippen molar-refractivity contribution < 1.29 is 9.90 Å². The van der Waals surface area contributed by atoms with E-state index in [9.17, 15) is 9.90 Å². The molecule has 2 aromatic rings. The van der Waals surface area contributed by atoms with Crippen molar-refractivity contribution in [3.63, 3.8) is 0 Å². The highest BCUT2D eigenvalue weighted by Gasteiger charge is 2.26. The number of hydrogen-bond acceptors (Lipinski definition) is 8. The van der Waals surface area contributed by atoms with E-state index in [4.69, 9.17) is 0 Å². The van der Waals surface area contributed by atoms with Gasteiger partial charge in [-0.3, -0.25) is 4.90 Å². The second-order valence-electron chi connectivity index (χ2n) is 9.11. The minimum Gasteiger partial charge on any atom is -0.477 e. The zero-order chi connectivity index (χ0) is 22.0. The lowest BCUT2D eigenvalue weighted by Crippen LogP contribution is -2.47. The van der Waals surface area contributed by atoms with Gasteiger partial charge < -0.3 is 14.9 Å². The van der Waals surface area contributed by atoms with Crippen molar-refractivity contribution >= 4 is 28.3 Å². The van der Waals surface area contributed by atoms with Gasteiger partial charge in [-0.15, -0.1) is 0 Å². The Morgan fingerprint density at radius 2 is 1.94 bits per heavy atom. The number of thiazole rings is 1. The smallest absolute Gasteiger partial charge is 0.348 e. The molecule has 0 saturated carbocycles. The maximum absolute atomic E-state index is 11.9. The van der Waals surface area contributed by atoms with E-state index in [-0.39, 0.29) is 4.88 Å². The molecule has 0 aliphatic carbocycles. The Hall–Kier alpha value is -2.26. The molecule has 4 rings (SSSR count). The number of carboxylic acid groups (broad SMARTS) is 1. The molecule has 1 atom stereocenters. The molecule has 31 heavy (non-hydrogen) atoms. The average Bonchev–Trinajstić information content (AvgIpc) is 3.20. The van der Waals surface area contributed by atoms with Crippen LogP contribution in [-0.2, 0) is 0 Å². The minimum atomic E-state index is -0.962. The summed E-state index contributed by atoms with van der Waals surface area (Å²) < 4.78 is 0. The van der Waals surface area contributed by atoms with E-state index in [0.717, 1.165) is 63.2 Å². The number of anilines is 2. The summed E-state index contributed by atoms with van der Waals surface area (Å²) in [5.74, 6) is 1.14. The summed E-state index contributed by atoms with van der Waals surface area (Å²) >= 11 is 1.24. The number of piperazine rings is 1. The van der Waals surface area contributed by atoms with E-state index >= 15 is 0 Å². The molecule has 2 aliphatic heterocycles. The summed E-state index contributed by atoms with van der Waals surface area (Å²) in [7, 11) is 0. The van der Waals surface area contributed by atoms with E-state index in [1.165, 1.54) is 17.8 Å². The summed E-state index contributed by atoms with van der Waals surface area (Å²) in [6.07, 6.45) is 5.73. The van der Waals surface area contributed by atoms with Crippen LogP contribution >= 0.6 is 11.3 Å². The van der Waals surface area contributed by atoms with Gasteiger partial charge >= 0.3 is 5.97 Å². The van der Waals surface area contributed by atoms with Crippen molar-refractivity contribution in [1.82, 2.24) is 19.9 Å². The lowest BCUT2D eigenvalue weighted by molar-refractivity contribution is 0.0702. The highest BCUT2D eigenvalue weighted by atomic mass is 32.1. The van der Waals surface area contributed by atoms with Gasteiger partial charge in [-0.2, -0.15) is 0 Å². The molecule has 8 nitrogen and oxygen atoms in total. The van der Waals surface area contributed by atoms with Crippen molar-refractivity contribution in [1.29, 1.82) is 0 Å². The van der Waals surface area contributed by atoms with Crippen LogP contribution in [0.25, 0.3) is 11.4 Å². The molecule has 0 amide bonds. The molecule has 1 N–H and O–H groups in total. The van der Waals surface area contributed by atoms with Gasteiger partial charge in [-0.1, -0.05) is 32.1 Å². The number of carboxylic acids is 1. The Morgan fingerprint density at radius 1 is 1.16 bits per heavy atom. The fraction of sp³-hybridized carbons (Fsp3) is 0.636. The van der Waals surface area contributed by atoms with Crippen molar-refractivity contribution in [2.75, 3.05) is 55.6 Å². The third-order valence-electron chi connectivity index (χ3n) is 5.94. The lowest BCUT2D eigenvalue weighted by Gasteiger charge is -2.36.